The van der Waals surface area contributed by atoms with Gasteiger partial charge in [-0.1, -0.05) is 13.8 Å². The first-order chi connectivity index (χ1) is 10.5. The molecule has 6 nitrogen and oxygen atoms in total. The van der Waals surface area contributed by atoms with Crippen molar-refractivity contribution in [3.63, 3.8) is 0 Å². The fourth-order valence-corrected chi connectivity index (χ4v) is 2.74. The van der Waals surface area contributed by atoms with Crippen molar-refractivity contribution in [1.82, 2.24) is 25.1 Å². The highest BCUT2D eigenvalue weighted by Crippen LogP contribution is 2.13. The van der Waals surface area contributed by atoms with Crippen LogP contribution in [-0.4, -0.2) is 71.5 Å². The Morgan fingerprint density at radius 2 is 1.91 bits per heavy atom. The molecule has 2 heterocycles. The number of hydrogen-bond acceptors (Lipinski definition) is 5. The van der Waals surface area contributed by atoms with Crippen LogP contribution in [0, 0.1) is 12.8 Å². The van der Waals surface area contributed by atoms with Crippen molar-refractivity contribution in [2.45, 2.75) is 26.8 Å². The van der Waals surface area contributed by atoms with E-state index in [2.05, 4.69) is 46.0 Å². The second kappa shape index (κ2) is 7.65. The number of carbonyl (C=O) groups excluding carboxylic acids is 1. The van der Waals surface area contributed by atoms with E-state index >= 15 is 0 Å². The fourth-order valence-electron chi connectivity index (χ4n) is 2.74. The number of rotatable bonds is 5. The molecular formula is C16H27N5O. The van der Waals surface area contributed by atoms with Gasteiger partial charge in [0.15, 0.2) is 0 Å². The van der Waals surface area contributed by atoms with Crippen molar-refractivity contribution in [2.75, 3.05) is 39.8 Å². The highest BCUT2D eigenvalue weighted by Gasteiger charge is 2.25. The smallest absolute Gasteiger partial charge is 0.271 e. The number of nitrogens with one attached hydrogen (secondary N) is 1. The molecule has 1 aromatic heterocycles. The van der Waals surface area contributed by atoms with Gasteiger partial charge < -0.3 is 10.2 Å². The maximum absolute atomic E-state index is 12.2. The van der Waals surface area contributed by atoms with Crippen LogP contribution >= 0.6 is 0 Å². The van der Waals surface area contributed by atoms with Crippen LogP contribution in [-0.2, 0) is 0 Å². The van der Waals surface area contributed by atoms with Crippen LogP contribution in [0.2, 0.25) is 0 Å². The average molecular weight is 305 g/mol. The van der Waals surface area contributed by atoms with Crippen LogP contribution in [0.5, 0.6) is 0 Å². The number of piperazine rings is 1. The lowest BCUT2D eigenvalue weighted by Crippen LogP contribution is -2.54. The molecule has 0 radical (unpaired) electrons. The van der Waals surface area contributed by atoms with Gasteiger partial charge >= 0.3 is 0 Å². The summed E-state index contributed by atoms with van der Waals surface area (Å²) in [6.07, 6.45) is 3.15. The molecule has 22 heavy (non-hydrogen) atoms. The van der Waals surface area contributed by atoms with Gasteiger partial charge in [-0.25, -0.2) is 4.98 Å². The number of likely N-dealkylation sites (N-methyl/N-ethyl adjacent to an activating group) is 1. The van der Waals surface area contributed by atoms with Crippen LogP contribution in [0.1, 0.15) is 30.0 Å². The summed E-state index contributed by atoms with van der Waals surface area (Å²) in [5.41, 5.74) is 1.19. The van der Waals surface area contributed by atoms with E-state index < -0.39 is 0 Å². The van der Waals surface area contributed by atoms with E-state index in [-0.39, 0.29) is 5.91 Å². The highest BCUT2D eigenvalue weighted by molar-refractivity contribution is 5.91. The minimum atomic E-state index is -0.146. The van der Waals surface area contributed by atoms with Gasteiger partial charge in [-0.3, -0.25) is 14.7 Å². The van der Waals surface area contributed by atoms with Crippen molar-refractivity contribution in [2.24, 2.45) is 5.92 Å². The SMILES string of the molecule is Cc1cnc(C(=O)NC[C@@H](C(C)C)N2CCN(C)CC2)cn1. The lowest BCUT2D eigenvalue weighted by atomic mass is 10.0. The lowest BCUT2D eigenvalue weighted by molar-refractivity contribution is 0.0788. The van der Waals surface area contributed by atoms with Crippen LogP contribution in [0.25, 0.3) is 0 Å². The van der Waals surface area contributed by atoms with E-state index in [1.54, 1.807) is 6.20 Å². The predicted molar refractivity (Wildman–Crippen MR) is 86.8 cm³/mol. The topological polar surface area (TPSA) is 61.4 Å². The molecule has 6 heteroatoms. The third kappa shape index (κ3) is 4.48. The number of aryl methyl sites for hydroxylation is 1. The molecule has 0 bridgehead atoms. The Labute approximate surface area is 132 Å². The van der Waals surface area contributed by atoms with Crippen LogP contribution in [0.3, 0.4) is 0 Å². The van der Waals surface area contributed by atoms with E-state index in [1.807, 2.05) is 6.92 Å². The predicted octanol–water partition coefficient (Wildman–Crippen LogP) is 0.787. The van der Waals surface area contributed by atoms with E-state index in [1.165, 1.54) is 6.20 Å². The van der Waals surface area contributed by atoms with Gasteiger partial charge in [-0.15, -0.1) is 0 Å². The molecule has 122 valence electrons. The quantitative estimate of drug-likeness (QED) is 0.871. The molecule has 0 saturated carbocycles. The van der Waals surface area contributed by atoms with Crippen molar-refractivity contribution < 1.29 is 4.79 Å². The first-order valence-electron chi connectivity index (χ1n) is 7.97. The summed E-state index contributed by atoms with van der Waals surface area (Å²) in [7, 11) is 2.15. The van der Waals surface area contributed by atoms with E-state index in [4.69, 9.17) is 0 Å². The molecule has 0 unspecified atom stereocenters. The average Bonchev–Trinajstić information content (AvgIpc) is 2.49. The first-order valence-corrected chi connectivity index (χ1v) is 7.97. The summed E-state index contributed by atoms with van der Waals surface area (Å²) < 4.78 is 0. The molecule has 1 saturated heterocycles. The van der Waals surface area contributed by atoms with Crippen molar-refractivity contribution in [1.29, 1.82) is 0 Å². The summed E-state index contributed by atoms with van der Waals surface area (Å²) >= 11 is 0. The summed E-state index contributed by atoms with van der Waals surface area (Å²) in [5, 5.41) is 3.01. The van der Waals surface area contributed by atoms with Crippen LogP contribution in [0.4, 0.5) is 0 Å². The van der Waals surface area contributed by atoms with Gasteiger partial charge in [-0.2, -0.15) is 0 Å². The maximum Gasteiger partial charge on any atom is 0.271 e. The van der Waals surface area contributed by atoms with Crippen molar-refractivity contribution >= 4 is 5.91 Å². The second-order valence-electron chi connectivity index (χ2n) is 6.40. The van der Waals surface area contributed by atoms with Gasteiger partial charge in [0.2, 0.25) is 0 Å². The molecule has 0 spiro atoms. The normalized spacial score (nSPS) is 18.4. The van der Waals surface area contributed by atoms with Gasteiger partial charge in [0.25, 0.3) is 5.91 Å². The first kappa shape index (κ1) is 16.8. The highest BCUT2D eigenvalue weighted by atomic mass is 16.1. The van der Waals surface area contributed by atoms with Gasteiger partial charge in [0, 0.05) is 45.0 Å². The number of hydrogen-bond donors (Lipinski definition) is 1. The van der Waals surface area contributed by atoms with Crippen molar-refractivity contribution in [3.05, 3.63) is 23.8 Å². The number of carbonyl (C=O) groups is 1. The molecule has 1 aliphatic heterocycles. The molecule has 1 amide bonds. The van der Waals surface area contributed by atoms with Crippen LogP contribution < -0.4 is 5.32 Å². The van der Waals surface area contributed by atoms with Gasteiger partial charge in [0.05, 0.1) is 11.9 Å². The zero-order valence-corrected chi connectivity index (χ0v) is 14.0. The fraction of sp³-hybridized carbons (Fsp3) is 0.688. The summed E-state index contributed by atoms with van der Waals surface area (Å²) in [6.45, 7) is 11.2. The molecule has 0 aromatic carbocycles. The van der Waals surface area contributed by atoms with Crippen molar-refractivity contribution in [3.8, 4) is 0 Å². The monoisotopic (exact) mass is 305 g/mol. The third-order valence-electron chi connectivity index (χ3n) is 4.26. The maximum atomic E-state index is 12.2. The Bertz CT molecular complexity index is 480. The van der Waals surface area contributed by atoms with Gasteiger partial charge in [-0.05, 0) is 19.9 Å². The Balaban J connectivity index is 1.91. The molecule has 1 fully saturated rings. The summed E-state index contributed by atoms with van der Waals surface area (Å²) in [5.74, 6) is 0.347. The Morgan fingerprint density at radius 1 is 1.23 bits per heavy atom. The zero-order valence-electron chi connectivity index (χ0n) is 14.0. The van der Waals surface area contributed by atoms with E-state index in [0.29, 0.717) is 24.2 Å². The molecular weight excluding hydrogens is 278 g/mol. The molecule has 1 aromatic rings. The summed E-state index contributed by atoms with van der Waals surface area (Å²) in [6, 6.07) is 0.357. The largest absolute Gasteiger partial charge is 0.349 e. The lowest BCUT2D eigenvalue weighted by Gasteiger charge is -2.39. The van der Waals surface area contributed by atoms with Crippen LogP contribution in [0.15, 0.2) is 12.4 Å². The Kier molecular flexibility index (Phi) is 5.85. The third-order valence-corrected chi connectivity index (χ3v) is 4.26. The molecule has 1 aliphatic rings. The Hall–Kier alpha value is -1.53. The minimum absolute atomic E-state index is 0.146. The number of nitrogens with zero attached hydrogens (tertiary/aromatic N) is 4. The van der Waals surface area contributed by atoms with Gasteiger partial charge in [0.1, 0.15) is 5.69 Å². The molecule has 2 rings (SSSR count). The Morgan fingerprint density at radius 3 is 2.45 bits per heavy atom. The second-order valence-corrected chi connectivity index (χ2v) is 6.40. The zero-order chi connectivity index (χ0) is 16.1. The summed E-state index contributed by atoms with van der Waals surface area (Å²) in [4.78, 5) is 25.2. The number of aromatic nitrogens is 2. The standard InChI is InChI=1S/C16H27N5O/c1-12(2)15(21-7-5-20(4)6-8-21)11-19-16(22)14-10-17-13(3)9-18-14/h9-10,12,15H,5-8,11H2,1-4H3,(H,19,22)/t15-/m0/s1. The molecule has 0 aliphatic carbocycles. The molecule has 1 N–H and O–H groups in total. The van der Waals surface area contributed by atoms with E-state index in [0.717, 1.165) is 31.9 Å². The van der Waals surface area contributed by atoms with E-state index in [9.17, 15) is 4.79 Å². The molecule has 1 atom stereocenters. The number of amides is 1. The minimum Gasteiger partial charge on any atom is -0.349 e.